The van der Waals surface area contributed by atoms with Crippen LogP contribution >= 0.6 is 0 Å². The quantitative estimate of drug-likeness (QED) is 0.328. The maximum atomic E-state index is 8.85. The number of hydrazine groups is 1. The van der Waals surface area contributed by atoms with Crippen LogP contribution in [-0.4, -0.2) is 22.9 Å². The lowest BCUT2D eigenvalue weighted by atomic mass is 10.3. The second kappa shape index (κ2) is 4.73. The molecule has 3 heteroatoms. The number of nitrogens with two attached hydrogens (primary N) is 1. The first-order valence-electron chi connectivity index (χ1n) is 3.38. The molecule has 0 aliphatic rings. The fourth-order valence-corrected chi connectivity index (χ4v) is 0.528. The van der Waals surface area contributed by atoms with Crippen molar-refractivity contribution in [1.82, 2.24) is 5.01 Å². The molecule has 0 bridgehead atoms. The molecule has 3 N–H and O–H groups in total. The molecule has 0 fully saturated rings. The van der Waals surface area contributed by atoms with Gasteiger partial charge < -0.3 is 5.11 Å². The Morgan fingerprint density at radius 1 is 1.67 bits per heavy atom. The average molecular weight is 132 g/mol. The Morgan fingerprint density at radius 3 is 2.56 bits per heavy atom. The van der Waals surface area contributed by atoms with Crippen molar-refractivity contribution in [3.8, 4) is 0 Å². The van der Waals surface area contributed by atoms with E-state index in [2.05, 4.69) is 6.92 Å². The number of aliphatic hydroxyl groups excluding tert-OH is 1. The summed E-state index contributed by atoms with van der Waals surface area (Å²) in [4.78, 5) is 0. The molecule has 9 heavy (non-hydrogen) atoms. The van der Waals surface area contributed by atoms with Crippen LogP contribution in [0.15, 0.2) is 0 Å². The second-order valence-corrected chi connectivity index (χ2v) is 2.22. The van der Waals surface area contributed by atoms with Crippen molar-refractivity contribution in [2.24, 2.45) is 5.84 Å². The maximum absolute atomic E-state index is 8.85. The summed E-state index contributed by atoms with van der Waals surface area (Å²) >= 11 is 0. The van der Waals surface area contributed by atoms with E-state index in [9.17, 15) is 0 Å². The summed E-state index contributed by atoms with van der Waals surface area (Å²) in [5.74, 6) is 5.39. The second-order valence-electron chi connectivity index (χ2n) is 2.22. The van der Waals surface area contributed by atoms with Gasteiger partial charge in [0, 0.05) is 6.54 Å². The zero-order chi connectivity index (χ0) is 7.28. The van der Waals surface area contributed by atoms with Crippen molar-refractivity contribution in [3.63, 3.8) is 0 Å². The minimum absolute atomic E-state index is 0.517. The molecule has 0 radical (unpaired) electrons. The molecule has 0 aromatic rings. The van der Waals surface area contributed by atoms with E-state index in [1.54, 1.807) is 6.92 Å². The van der Waals surface area contributed by atoms with Crippen molar-refractivity contribution < 1.29 is 5.11 Å². The van der Waals surface area contributed by atoms with Crippen LogP contribution in [0.25, 0.3) is 0 Å². The van der Waals surface area contributed by atoms with Crippen LogP contribution < -0.4 is 5.84 Å². The zero-order valence-electron chi connectivity index (χ0n) is 6.17. The Kier molecular flexibility index (Phi) is 4.67. The predicted molar refractivity (Wildman–Crippen MR) is 37.5 cm³/mol. The monoisotopic (exact) mass is 132 g/mol. The van der Waals surface area contributed by atoms with Gasteiger partial charge in [-0.3, -0.25) is 5.84 Å². The fourth-order valence-electron chi connectivity index (χ4n) is 0.528. The highest BCUT2D eigenvalue weighted by atomic mass is 16.3. The van der Waals surface area contributed by atoms with Gasteiger partial charge in [-0.1, -0.05) is 13.3 Å². The van der Waals surface area contributed by atoms with E-state index in [0.717, 1.165) is 19.4 Å². The van der Waals surface area contributed by atoms with Gasteiger partial charge >= 0.3 is 0 Å². The van der Waals surface area contributed by atoms with Crippen molar-refractivity contribution >= 4 is 0 Å². The number of nitrogens with zero attached hydrogens (tertiary/aromatic N) is 1. The Morgan fingerprint density at radius 2 is 2.22 bits per heavy atom. The molecule has 1 atom stereocenters. The van der Waals surface area contributed by atoms with E-state index < -0.39 is 6.23 Å². The van der Waals surface area contributed by atoms with Crippen LogP contribution in [0.4, 0.5) is 0 Å². The number of unbranched alkanes of at least 4 members (excludes halogenated alkanes) is 1. The van der Waals surface area contributed by atoms with Crippen LogP contribution in [0.2, 0.25) is 0 Å². The molecule has 3 nitrogen and oxygen atoms in total. The summed E-state index contributed by atoms with van der Waals surface area (Å²) in [6, 6.07) is 0. The van der Waals surface area contributed by atoms with Crippen LogP contribution in [0.3, 0.4) is 0 Å². The Hall–Kier alpha value is -0.120. The summed E-state index contributed by atoms with van der Waals surface area (Å²) in [6.45, 7) is 4.53. The molecule has 0 saturated carbocycles. The SMILES string of the molecule is CCCCN(N)C(C)O. The summed E-state index contributed by atoms with van der Waals surface area (Å²) in [5, 5.41) is 10.3. The molecule has 0 aliphatic carbocycles. The van der Waals surface area contributed by atoms with Crippen molar-refractivity contribution in [3.05, 3.63) is 0 Å². The molecule has 1 unspecified atom stereocenters. The summed E-state index contributed by atoms with van der Waals surface area (Å²) in [7, 11) is 0. The standard InChI is InChI=1S/C6H16N2O/c1-3-4-5-8(7)6(2)9/h6,9H,3-5,7H2,1-2H3. The molecule has 0 heterocycles. The normalized spacial score (nSPS) is 14.3. The van der Waals surface area contributed by atoms with E-state index >= 15 is 0 Å². The van der Waals surface area contributed by atoms with Crippen LogP contribution in [0.5, 0.6) is 0 Å². The molecule has 0 aliphatic heterocycles. The van der Waals surface area contributed by atoms with Crippen LogP contribution in [-0.2, 0) is 0 Å². The predicted octanol–water partition coefficient (Wildman–Crippen LogP) is 0.301. The fraction of sp³-hybridized carbons (Fsp3) is 1.00. The minimum Gasteiger partial charge on any atom is -0.377 e. The number of hydrogen-bond donors (Lipinski definition) is 2. The van der Waals surface area contributed by atoms with Gasteiger partial charge in [0.1, 0.15) is 6.23 Å². The van der Waals surface area contributed by atoms with Gasteiger partial charge in [0.05, 0.1) is 0 Å². The molecular formula is C6H16N2O. The Labute approximate surface area is 56.4 Å². The van der Waals surface area contributed by atoms with Crippen molar-refractivity contribution in [1.29, 1.82) is 0 Å². The lowest BCUT2D eigenvalue weighted by molar-refractivity contribution is 0.0172. The third-order valence-electron chi connectivity index (χ3n) is 1.25. The zero-order valence-corrected chi connectivity index (χ0v) is 6.17. The Balaban J connectivity index is 3.16. The van der Waals surface area contributed by atoms with Crippen LogP contribution in [0, 0.1) is 0 Å². The van der Waals surface area contributed by atoms with Gasteiger partial charge in [-0.05, 0) is 13.3 Å². The third-order valence-corrected chi connectivity index (χ3v) is 1.25. The molecule has 0 aromatic carbocycles. The summed E-state index contributed by atoms with van der Waals surface area (Å²) in [5.41, 5.74) is 0. The highest BCUT2D eigenvalue weighted by Crippen LogP contribution is 1.91. The van der Waals surface area contributed by atoms with E-state index in [1.807, 2.05) is 0 Å². The average Bonchev–Trinajstić information content (AvgIpc) is 1.82. The smallest absolute Gasteiger partial charge is 0.116 e. The highest BCUT2D eigenvalue weighted by Gasteiger charge is 2.01. The lowest BCUT2D eigenvalue weighted by Gasteiger charge is -2.18. The van der Waals surface area contributed by atoms with E-state index in [4.69, 9.17) is 10.9 Å². The maximum Gasteiger partial charge on any atom is 0.116 e. The summed E-state index contributed by atoms with van der Waals surface area (Å²) in [6.07, 6.45) is 1.64. The Bertz CT molecular complexity index is 66.1. The molecule has 0 amide bonds. The molecule has 0 aromatic heterocycles. The van der Waals surface area contributed by atoms with Gasteiger partial charge in [0.2, 0.25) is 0 Å². The van der Waals surface area contributed by atoms with Crippen molar-refractivity contribution in [2.75, 3.05) is 6.54 Å². The van der Waals surface area contributed by atoms with Gasteiger partial charge in [-0.15, -0.1) is 0 Å². The minimum atomic E-state index is -0.517. The van der Waals surface area contributed by atoms with E-state index in [-0.39, 0.29) is 0 Å². The molecular weight excluding hydrogens is 116 g/mol. The van der Waals surface area contributed by atoms with Gasteiger partial charge in [-0.2, -0.15) is 0 Å². The highest BCUT2D eigenvalue weighted by molar-refractivity contribution is 4.46. The first-order valence-corrected chi connectivity index (χ1v) is 3.38. The first-order chi connectivity index (χ1) is 4.18. The van der Waals surface area contributed by atoms with E-state index in [0.29, 0.717) is 0 Å². The third kappa shape index (κ3) is 4.39. The molecule has 0 spiro atoms. The van der Waals surface area contributed by atoms with Crippen LogP contribution in [0.1, 0.15) is 26.7 Å². The largest absolute Gasteiger partial charge is 0.377 e. The van der Waals surface area contributed by atoms with Gasteiger partial charge in [-0.25, -0.2) is 5.01 Å². The summed E-state index contributed by atoms with van der Waals surface area (Å²) < 4.78 is 0. The first kappa shape index (κ1) is 8.88. The van der Waals surface area contributed by atoms with Gasteiger partial charge in [0.15, 0.2) is 0 Å². The number of rotatable bonds is 4. The molecule has 56 valence electrons. The molecule has 0 rings (SSSR count). The van der Waals surface area contributed by atoms with Crippen molar-refractivity contribution in [2.45, 2.75) is 32.9 Å². The topological polar surface area (TPSA) is 49.5 Å². The number of hydrogen-bond acceptors (Lipinski definition) is 3. The van der Waals surface area contributed by atoms with Gasteiger partial charge in [0.25, 0.3) is 0 Å². The lowest BCUT2D eigenvalue weighted by Crippen LogP contribution is -2.39. The number of aliphatic hydroxyl groups is 1. The molecule has 0 saturated heterocycles. The van der Waals surface area contributed by atoms with E-state index in [1.165, 1.54) is 5.01 Å².